The molecular formula is C13H20N4OS. The van der Waals surface area contributed by atoms with Crippen LogP contribution in [0.25, 0.3) is 0 Å². The summed E-state index contributed by atoms with van der Waals surface area (Å²) < 4.78 is 8.16. The average Bonchev–Trinajstić information content (AvgIpc) is 3.36. The zero-order valence-electron chi connectivity index (χ0n) is 11.0. The molecule has 1 unspecified atom stereocenters. The van der Waals surface area contributed by atoms with Crippen molar-refractivity contribution in [1.29, 1.82) is 0 Å². The third kappa shape index (κ3) is 2.66. The molecule has 4 rings (SSSR count). The molecule has 1 aliphatic heterocycles. The number of hydrogen-bond donors (Lipinski definition) is 1. The van der Waals surface area contributed by atoms with Gasteiger partial charge in [-0.1, -0.05) is 11.8 Å². The van der Waals surface area contributed by atoms with Gasteiger partial charge in [0.15, 0.2) is 5.16 Å². The minimum Gasteiger partial charge on any atom is -0.375 e. The highest BCUT2D eigenvalue weighted by atomic mass is 32.2. The fraction of sp³-hybridized carbons (Fsp3) is 0.846. The minimum atomic E-state index is 0.312. The van der Waals surface area contributed by atoms with Gasteiger partial charge in [-0.25, -0.2) is 0 Å². The van der Waals surface area contributed by atoms with Gasteiger partial charge in [0.2, 0.25) is 0 Å². The van der Waals surface area contributed by atoms with E-state index in [1.807, 2.05) is 11.8 Å². The van der Waals surface area contributed by atoms with Crippen molar-refractivity contribution < 1.29 is 4.74 Å². The summed E-state index contributed by atoms with van der Waals surface area (Å²) in [5.74, 6) is 2.91. The number of thioether (sulfide) groups is 1. The zero-order valence-corrected chi connectivity index (χ0v) is 11.9. The molecule has 2 saturated carbocycles. The SMILES string of the molecule is C1COC(CSc2nnc(C3CC3)n2C2CC2)CN1. The summed E-state index contributed by atoms with van der Waals surface area (Å²) in [6, 6.07) is 0.679. The van der Waals surface area contributed by atoms with E-state index in [0.29, 0.717) is 18.1 Å². The molecule has 2 aliphatic carbocycles. The molecule has 0 aromatic carbocycles. The summed E-state index contributed by atoms with van der Waals surface area (Å²) in [6.45, 7) is 2.76. The molecule has 0 spiro atoms. The van der Waals surface area contributed by atoms with Gasteiger partial charge in [0.05, 0.1) is 12.7 Å². The summed E-state index contributed by atoms with van der Waals surface area (Å²) in [7, 11) is 0. The van der Waals surface area contributed by atoms with Crippen molar-refractivity contribution >= 4 is 11.8 Å². The molecule has 1 aromatic rings. The number of nitrogens with zero attached hydrogens (tertiary/aromatic N) is 3. The Morgan fingerprint density at radius 2 is 2.16 bits per heavy atom. The first-order chi connectivity index (χ1) is 9.42. The van der Waals surface area contributed by atoms with E-state index in [2.05, 4.69) is 20.1 Å². The lowest BCUT2D eigenvalue weighted by Crippen LogP contribution is -2.39. The Hall–Kier alpha value is -0.590. The number of rotatable bonds is 5. The summed E-state index contributed by atoms with van der Waals surface area (Å²) in [5, 5.41) is 13.3. The van der Waals surface area contributed by atoms with E-state index >= 15 is 0 Å². The Balaban J connectivity index is 1.44. The number of nitrogens with one attached hydrogen (secondary N) is 1. The quantitative estimate of drug-likeness (QED) is 0.830. The lowest BCUT2D eigenvalue weighted by atomic mass is 10.3. The van der Waals surface area contributed by atoms with Gasteiger partial charge in [-0.05, 0) is 25.7 Å². The summed E-state index contributed by atoms with van der Waals surface area (Å²) in [6.07, 6.45) is 5.50. The van der Waals surface area contributed by atoms with E-state index in [4.69, 9.17) is 4.74 Å². The van der Waals surface area contributed by atoms with Crippen LogP contribution in [0.2, 0.25) is 0 Å². The number of morpholine rings is 1. The molecular weight excluding hydrogens is 260 g/mol. The van der Waals surface area contributed by atoms with Crippen molar-refractivity contribution in [2.24, 2.45) is 0 Å². The maximum atomic E-state index is 5.74. The van der Waals surface area contributed by atoms with E-state index in [1.54, 1.807) is 0 Å². The predicted octanol–water partition coefficient (Wildman–Crippen LogP) is 1.57. The molecule has 1 N–H and O–H groups in total. The van der Waals surface area contributed by atoms with Crippen molar-refractivity contribution in [3.05, 3.63) is 5.82 Å². The van der Waals surface area contributed by atoms with E-state index < -0.39 is 0 Å². The second-order valence-electron chi connectivity index (χ2n) is 5.72. The lowest BCUT2D eigenvalue weighted by molar-refractivity contribution is 0.0440. The Kier molecular flexibility index (Phi) is 3.25. The van der Waals surface area contributed by atoms with Crippen LogP contribution in [0, 0.1) is 0 Å². The molecule has 104 valence electrons. The molecule has 19 heavy (non-hydrogen) atoms. The van der Waals surface area contributed by atoms with E-state index in [1.165, 1.54) is 31.5 Å². The maximum absolute atomic E-state index is 5.74. The van der Waals surface area contributed by atoms with Crippen LogP contribution in [0.15, 0.2) is 5.16 Å². The minimum absolute atomic E-state index is 0.312. The van der Waals surface area contributed by atoms with Crippen LogP contribution >= 0.6 is 11.8 Å². The van der Waals surface area contributed by atoms with Crippen molar-refractivity contribution in [2.45, 2.75) is 48.9 Å². The molecule has 3 fully saturated rings. The number of aromatic nitrogens is 3. The van der Waals surface area contributed by atoms with Crippen LogP contribution in [0.5, 0.6) is 0 Å². The molecule has 1 saturated heterocycles. The first-order valence-electron chi connectivity index (χ1n) is 7.32. The molecule has 0 bridgehead atoms. The van der Waals surface area contributed by atoms with Crippen LogP contribution in [0.1, 0.15) is 43.5 Å². The number of ether oxygens (including phenoxy) is 1. The second-order valence-corrected chi connectivity index (χ2v) is 6.71. The third-order valence-electron chi connectivity index (χ3n) is 3.95. The highest BCUT2D eigenvalue weighted by molar-refractivity contribution is 7.99. The fourth-order valence-electron chi connectivity index (χ4n) is 2.58. The second kappa shape index (κ2) is 5.07. The van der Waals surface area contributed by atoms with Crippen LogP contribution in [0.4, 0.5) is 0 Å². The molecule has 2 heterocycles. The Morgan fingerprint density at radius 1 is 1.26 bits per heavy atom. The van der Waals surface area contributed by atoms with Gasteiger partial charge in [-0.2, -0.15) is 0 Å². The molecule has 3 aliphatic rings. The van der Waals surface area contributed by atoms with Crippen molar-refractivity contribution in [3.8, 4) is 0 Å². The number of hydrogen-bond acceptors (Lipinski definition) is 5. The van der Waals surface area contributed by atoms with Gasteiger partial charge < -0.3 is 14.6 Å². The molecule has 1 atom stereocenters. The Bertz CT molecular complexity index is 449. The average molecular weight is 280 g/mol. The first kappa shape index (κ1) is 12.2. The van der Waals surface area contributed by atoms with Gasteiger partial charge >= 0.3 is 0 Å². The smallest absolute Gasteiger partial charge is 0.191 e. The molecule has 0 radical (unpaired) electrons. The molecule has 5 nitrogen and oxygen atoms in total. The van der Waals surface area contributed by atoms with Gasteiger partial charge in [0.1, 0.15) is 5.82 Å². The van der Waals surface area contributed by atoms with Gasteiger partial charge in [0.25, 0.3) is 0 Å². The lowest BCUT2D eigenvalue weighted by Gasteiger charge is -2.23. The highest BCUT2D eigenvalue weighted by Gasteiger charge is 2.36. The first-order valence-corrected chi connectivity index (χ1v) is 8.30. The summed E-state index contributed by atoms with van der Waals surface area (Å²) >= 11 is 1.81. The van der Waals surface area contributed by atoms with Gasteiger partial charge in [-0.15, -0.1) is 10.2 Å². The fourth-order valence-corrected chi connectivity index (χ4v) is 3.61. The Morgan fingerprint density at radius 3 is 2.84 bits per heavy atom. The summed E-state index contributed by atoms with van der Waals surface area (Å²) in [4.78, 5) is 0. The van der Waals surface area contributed by atoms with Crippen LogP contribution < -0.4 is 5.32 Å². The molecule has 1 aromatic heterocycles. The monoisotopic (exact) mass is 280 g/mol. The van der Waals surface area contributed by atoms with E-state index in [-0.39, 0.29) is 0 Å². The maximum Gasteiger partial charge on any atom is 0.191 e. The van der Waals surface area contributed by atoms with Gasteiger partial charge in [0, 0.05) is 30.8 Å². The van der Waals surface area contributed by atoms with Crippen molar-refractivity contribution in [3.63, 3.8) is 0 Å². The van der Waals surface area contributed by atoms with Crippen molar-refractivity contribution in [1.82, 2.24) is 20.1 Å². The van der Waals surface area contributed by atoms with E-state index in [9.17, 15) is 0 Å². The Labute approximate surface area is 117 Å². The third-order valence-corrected chi connectivity index (χ3v) is 5.02. The standard InChI is InChI=1S/C13H20N4OS/c1-2-9(1)12-15-16-13(17(12)10-3-4-10)19-8-11-7-14-5-6-18-11/h9-11,14H,1-8H2. The molecule has 6 heteroatoms. The van der Waals surface area contributed by atoms with Crippen LogP contribution in [-0.4, -0.2) is 46.3 Å². The van der Waals surface area contributed by atoms with Crippen molar-refractivity contribution in [2.75, 3.05) is 25.4 Å². The largest absolute Gasteiger partial charge is 0.375 e. The van der Waals surface area contributed by atoms with E-state index in [0.717, 1.165) is 30.6 Å². The van der Waals surface area contributed by atoms with Gasteiger partial charge in [-0.3, -0.25) is 0 Å². The normalized spacial score (nSPS) is 27.7. The van der Waals surface area contributed by atoms with Crippen LogP contribution in [-0.2, 0) is 4.74 Å². The topological polar surface area (TPSA) is 52.0 Å². The summed E-state index contributed by atoms with van der Waals surface area (Å²) in [5.41, 5.74) is 0. The zero-order chi connectivity index (χ0) is 12.7. The van der Waals surface area contributed by atoms with Crippen LogP contribution in [0.3, 0.4) is 0 Å². The highest BCUT2D eigenvalue weighted by Crippen LogP contribution is 2.46. The molecule has 0 amide bonds. The predicted molar refractivity (Wildman–Crippen MR) is 73.6 cm³/mol.